The fourth-order valence-corrected chi connectivity index (χ4v) is 2.89. The molecule has 0 aromatic heterocycles. The summed E-state index contributed by atoms with van der Waals surface area (Å²) in [6.07, 6.45) is 0.774. The van der Waals surface area contributed by atoms with E-state index in [1.165, 1.54) is 0 Å². The molecule has 0 radical (unpaired) electrons. The molecule has 100 valence electrons. The second-order valence-corrected chi connectivity index (χ2v) is 6.34. The van der Waals surface area contributed by atoms with Gasteiger partial charge in [0.1, 0.15) is 5.75 Å². The van der Waals surface area contributed by atoms with Crippen LogP contribution in [0, 0.1) is 0 Å². The molecule has 0 saturated heterocycles. The molecule has 0 aliphatic carbocycles. The van der Waals surface area contributed by atoms with E-state index in [0.717, 1.165) is 17.7 Å². The molecule has 1 aromatic carbocycles. The first-order valence-corrected chi connectivity index (χ1v) is 7.37. The lowest BCUT2D eigenvalue weighted by Gasteiger charge is -2.11. The molecule has 0 atom stereocenters. The topological polar surface area (TPSA) is 58.6 Å². The first-order chi connectivity index (χ1) is 8.49. The normalized spacial score (nSPS) is 14.6. The molecule has 1 aliphatic rings. The molecule has 1 N–H and O–H groups in total. The Hall–Kier alpha value is -1.11. The van der Waals surface area contributed by atoms with Gasteiger partial charge in [0.15, 0.2) is 0 Å². The van der Waals surface area contributed by atoms with Gasteiger partial charge in [-0.05, 0) is 37.9 Å². The van der Waals surface area contributed by atoms with Crippen LogP contribution in [0.25, 0.3) is 0 Å². The van der Waals surface area contributed by atoms with Gasteiger partial charge in [0, 0.05) is 19.5 Å². The third kappa shape index (κ3) is 3.01. The number of hydrogen-bond acceptors (Lipinski definition) is 4. The fraction of sp³-hybridized carbons (Fsp3) is 0.500. The van der Waals surface area contributed by atoms with Crippen LogP contribution in [-0.4, -0.2) is 47.1 Å². The van der Waals surface area contributed by atoms with Crippen LogP contribution in [0.15, 0.2) is 23.1 Å². The second kappa shape index (κ2) is 5.26. The fourth-order valence-electron chi connectivity index (χ4n) is 1.82. The second-order valence-electron chi connectivity index (χ2n) is 4.57. The minimum atomic E-state index is -3.41. The molecule has 0 saturated carbocycles. The zero-order valence-electron chi connectivity index (χ0n) is 10.6. The number of fused-ring (bicyclic) bond motifs is 1. The van der Waals surface area contributed by atoms with E-state index in [9.17, 15) is 8.42 Å². The molecule has 0 bridgehead atoms. The number of likely N-dealkylation sites (N-methyl/N-ethyl adjacent to an activating group) is 1. The minimum absolute atomic E-state index is 0.311. The largest absolute Gasteiger partial charge is 0.493 e. The van der Waals surface area contributed by atoms with Crippen molar-refractivity contribution in [1.29, 1.82) is 0 Å². The number of sulfonamides is 1. The van der Waals surface area contributed by atoms with Crippen LogP contribution < -0.4 is 9.46 Å². The zero-order valence-corrected chi connectivity index (χ0v) is 11.5. The number of ether oxygens (including phenoxy) is 1. The Bertz CT molecular complexity index is 526. The molecule has 2 rings (SSSR count). The highest BCUT2D eigenvalue weighted by atomic mass is 32.2. The summed E-state index contributed by atoms with van der Waals surface area (Å²) in [5, 5.41) is 0. The maximum atomic E-state index is 12.0. The Morgan fingerprint density at radius 3 is 2.89 bits per heavy atom. The molecule has 18 heavy (non-hydrogen) atoms. The predicted molar refractivity (Wildman–Crippen MR) is 69.4 cm³/mol. The van der Waals surface area contributed by atoms with Crippen LogP contribution in [0.2, 0.25) is 0 Å². The highest BCUT2D eigenvalue weighted by Gasteiger charge is 2.18. The van der Waals surface area contributed by atoms with Gasteiger partial charge in [-0.2, -0.15) is 0 Å². The predicted octanol–water partition coefficient (Wildman–Crippen LogP) is 0.461. The van der Waals surface area contributed by atoms with Crippen molar-refractivity contribution in [2.24, 2.45) is 0 Å². The molecule has 1 aliphatic heterocycles. The molecular weight excluding hydrogens is 252 g/mol. The standard InChI is InChI=1S/C12H18N2O3S/c1-14(2)7-6-13-18(15,16)11-3-4-12-10(9-11)5-8-17-12/h3-4,9,13H,5-8H2,1-2H3. The lowest BCUT2D eigenvalue weighted by atomic mass is 10.2. The van der Waals surface area contributed by atoms with Gasteiger partial charge in [-0.15, -0.1) is 0 Å². The van der Waals surface area contributed by atoms with Gasteiger partial charge < -0.3 is 9.64 Å². The quantitative estimate of drug-likeness (QED) is 0.844. The molecule has 0 unspecified atom stereocenters. The Labute approximate surface area is 108 Å². The Kier molecular flexibility index (Phi) is 3.89. The van der Waals surface area contributed by atoms with Crippen molar-refractivity contribution in [3.05, 3.63) is 23.8 Å². The third-order valence-corrected chi connectivity index (χ3v) is 4.28. The van der Waals surface area contributed by atoms with E-state index in [0.29, 0.717) is 24.6 Å². The summed E-state index contributed by atoms with van der Waals surface area (Å²) >= 11 is 0. The van der Waals surface area contributed by atoms with E-state index in [2.05, 4.69) is 4.72 Å². The van der Waals surface area contributed by atoms with Crippen molar-refractivity contribution < 1.29 is 13.2 Å². The van der Waals surface area contributed by atoms with Crippen molar-refractivity contribution >= 4 is 10.0 Å². The van der Waals surface area contributed by atoms with Crippen molar-refractivity contribution in [1.82, 2.24) is 9.62 Å². The van der Waals surface area contributed by atoms with Gasteiger partial charge in [-0.1, -0.05) is 0 Å². The molecule has 6 heteroatoms. The molecule has 0 spiro atoms. The number of nitrogens with zero attached hydrogens (tertiary/aromatic N) is 1. The average molecular weight is 270 g/mol. The number of hydrogen-bond donors (Lipinski definition) is 1. The Morgan fingerprint density at radius 1 is 1.39 bits per heavy atom. The van der Waals surface area contributed by atoms with Gasteiger partial charge in [0.2, 0.25) is 10.0 Å². The monoisotopic (exact) mass is 270 g/mol. The van der Waals surface area contributed by atoms with E-state index in [1.54, 1.807) is 18.2 Å². The molecule has 0 fully saturated rings. The van der Waals surface area contributed by atoms with Gasteiger partial charge >= 0.3 is 0 Å². The zero-order chi connectivity index (χ0) is 13.2. The number of nitrogens with one attached hydrogen (secondary N) is 1. The van der Waals surface area contributed by atoms with Crippen LogP contribution in [0.1, 0.15) is 5.56 Å². The third-order valence-electron chi connectivity index (χ3n) is 2.82. The van der Waals surface area contributed by atoms with E-state index >= 15 is 0 Å². The SMILES string of the molecule is CN(C)CCNS(=O)(=O)c1ccc2c(c1)CCO2. The highest BCUT2D eigenvalue weighted by molar-refractivity contribution is 7.89. The van der Waals surface area contributed by atoms with Crippen molar-refractivity contribution in [3.8, 4) is 5.75 Å². The Morgan fingerprint density at radius 2 is 2.17 bits per heavy atom. The van der Waals surface area contributed by atoms with Gasteiger partial charge in [0.05, 0.1) is 11.5 Å². The van der Waals surface area contributed by atoms with Crippen LogP contribution in [0.5, 0.6) is 5.75 Å². The van der Waals surface area contributed by atoms with Gasteiger partial charge in [-0.3, -0.25) is 0 Å². The molecule has 1 heterocycles. The van der Waals surface area contributed by atoms with Gasteiger partial charge in [0.25, 0.3) is 0 Å². The summed E-state index contributed by atoms with van der Waals surface area (Å²) in [6.45, 7) is 1.71. The maximum absolute atomic E-state index is 12.0. The Balaban J connectivity index is 2.10. The summed E-state index contributed by atoms with van der Waals surface area (Å²) in [4.78, 5) is 2.24. The lowest BCUT2D eigenvalue weighted by molar-refractivity contribution is 0.356. The first-order valence-electron chi connectivity index (χ1n) is 5.89. The molecule has 0 amide bonds. The van der Waals surface area contributed by atoms with Crippen molar-refractivity contribution in [2.75, 3.05) is 33.8 Å². The number of rotatable bonds is 5. The van der Waals surface area contributed by atoms with E-state index in [1.807, 2.05) is 19.0 Å². The molecule has 5 nitrogen and oxygen atoms in total. The summed E-state index contributed by atoms with van der Waals surface area (Å²) in [6, 6.07) is 5.01. The average Bonchev–Trinajstić information content (AvgIpc) is 2.74. The van der Waals surface area contributed by atoms with E-state index < -0.39 is 10.0 Å². The van der Waals surface area contributed by atoms with E-state index in [-0.39, 0.29) is 0 Å². The summed E-state index contributed by atoms with van der Waals surface area (Å²) in [7, 11) is 0.398. The summed E-state index contributed by atoms with van der Waals surface area (Å²) in [5.41, 5.74) is 0.963. The van der Waals surface area contributed by atoms with Crippen LogP contribution in [-0.2, 0) is 16.4 Å². The van der Waals surface area contributed by atoms with E-state index in [4.69, 9.17) is 4.74 Å². The molecule has 1 aromatic rings. The van der Waals surface area contributed by atoms with Crippen molar-refractivity contribution in [3.63, 3.8) is 0 Å². The lowest BCUT2D eigenvalue weighted by Crippen LogP contribution is -2.31. The minimum Gasteiger partial charge on any atom is -0.493 e. The van der Waals surface area contributed by atoms with Crippen LogP contribution >= 0.6 is 0 Å². The van der Waals surface area contributed by atoms with Crippen molar-refractivity contribution in [2.45, 2.75) is 11.3 Å². The molecular formula is C12H18N2O3S. The summed E-state index contributed by atoms with van der Waals surface area (Å²) in [5.74, 6) is 0.794. The van der Waals surface area contributed by atoms with Crippen LogP contribution in [0.3, 0.4) is 0 Å². The van der Waals surface area contributed by atoms with Gasteiger partial charge in [-0.25, -0.2) is 13.1 Å². The highest BCUT2D eigenvalue weighted by Crippen LogP contribution is 2.27. The number of benzene rings is 1. The van der Waals surface area contributed by atoms with Crippen LogP contribution in [0.4, 0.5) is 0 Å². The summed E-state index contributed by atoms with van der Waals surface area (Å²) < 4.78 is 32.0. The maximum Gasteiger partial charge on any atom is 0.240 e. The smallest absolute Gasteiger partial charge is 0.240 e. The first kappa shape index (κ1) is 13.3.